The molecule has 0 saturated carbocycles. The first-order valence-electron chi connectivity index (χ1n) is 9.57. The zero-order chi connectivity index (χ0) is 21.4. The molecule has 2 aromatic carbocycles. The third-order valence-corrected chi connectivity index (χ3v) is 5.79. The number of para-hydroxylation sites is 1. The highest BCUT2D eigenvalue weighted by atomic mass is 35.5. The van der Waals surface area contributed by atoms with Gasteiger partial charge in [0.25, 0.3) is 17.7 Å². The summed E-state index contributed by atoms with van der Waals surface area (Å²) < 4.78 is 4.80. The number of nitrogens with zero attached hydrogens (tertiary/aromatic N) is 2. The van der Waals surface area contributed by atoms with Crippen LogP contribution in [0.4, 0.5) is 5.69 Å². The number of hydrogen-bond donors (Lipinski definition) is 0. The molecule has 2 aliphatic heterocycles. The Hall–Kier alpha value is -3.19. The number of methoxy groups -OCH3 is 1. The van der Waals surface area contributed by atoms with Crippen LogP contribution in [0.5, 0.6) is 0 Å². The van der Waals surface area contributed by atoms with Gasteiger partial charge in [-0.15, -0.1) is 0 Å². The number of amides is 3. The number of anilines is 1. The quantitative estimate of drug-likeness (QED) is 0.556. The first kappa shape index (κ1) is 20.1. The summed E-state index contributed by atoms with van der Waals surface area (Å²) >= 11 is 6.17. The lowest BCUT2D eigenvalue weighted by atomic mass is 9.97. The van der Waals surface area contributed by atoms with E-state index in [1.165, 1.54) is 25.3 Å². The van der Waals surface area contributed by atoms with Crippen molar-refractivity contribution in [3.8, 4) is 0 Å². The number of carbonyl (C=O) groups is 4. The molecule has 0 N–H and O–H groups in total. The number of rotatable bonds is 3. The fourth-order valence-electron chi connectivity index (χ4n) is 3.93. The van der Waals surface area contributed by atoms with Crippen LogP contribution in [0.15, 0.2) is 42.5 Å². The molecule has 0 aromatic heterocycles. The van der Waals surface area contributed by atoms with Gasteiger partial charge < -0.3 is 9.64 Å². The zero-order valence-corrected chi connectivity index (χ0v) is 17.0. The molecule has 1 unspecified atom stereocenters. The number of imide groups is 1. The maximum absolute atomic E-state index is 13.0. The van der Waals surface area contributed by atoms with Gasteiger partial charge in [0.05, 0.1) is 34.9 Å². The molecule has 4 rings (SSSR count). The summed E-state index contributed by atoms with van der Waals surface area (Å²) in [5, 5.41) is 0.283. The summed E-state index contributed by atoms with van der Waals surface area (Å²) in [5.41, 5.74) is 0.978. The number of likely N-dealkylation sites (tertiary alicyclic amines) is 1. The number of esters is 1. The van der Waals surface area contributed by atoms with Gasteiger partial charge in [-0.1, -0.05) is 23.7 Å². The summed E-state index contributed by atoms with van der Waals surface area (Å²) in [6.07, 6.45) is 1.36. The molecular weight excluding hydrogens is 408 g/mol. The van der Waals surface area contributed by atoms with Crippen LogP contribution in [0.25, 0.3) is 0 Å². The Balaban J connectivity index is 1.61. The lowest BCUT2D eigenvalue weighted by molar-refractivity contribution is -0.146. The molecule has 7 nitrogen and oxygen atoms in total. The maximum atomic E-state index is 13.0. The standard InChI is InChI=1S/C22H19ClN2O5/c1-30-22(29)14-5-4-10-24(12-14)19(26)13-8-9-15-16(11-13)21(28)25(20(15)27)18-7-3-2-6-17(18)23/h2-3,6-9,11,14H,4-5,10,12H2,1H3. The van der Waals surface area contributed by atoms with E-state index in [-0.39, 0.29) is 40.5 Å². The molecule has 1 atom stereocenters. The van der Waals surface area contributed by atoms with Gasteiger partial charge in [0, 0.05) is 18.7 Å². The van der Waals surface area contributed by atoms with Gasteiger partial charge in [0.1, 0.15) is 0 Å². The molecule has 3 amide bonds. The molecular formula is C22H19ClN2O5. The number of halogens is 1. The maximum Gasteiger partial charge on any atom is 0.310 e. The fraction of sp³-hybridized carbons (Fsp3) is 0.273. The second kappa shape index (κ2) is 7.91. The molecule has 0 bridgehead atoms. The van der Waals surface area contributed by atoms with Crippen LogP contribution < -0.4 is 4.90 Å². The minimum absolute atomic E-state index is 0.160. The molecule has 0 aliphatic carbocycles. The Kier molecular flexibility index (Phi) is 5.30. The summed E-state index contributed by atoms with van der Waals surface area (Å²) in [6.45, 7) is 0.781. The van der Waals surface area contributed by atoms with Crippen LogP contribution in [0, 0.1) is 5.92 Å². The average Bonchev–Trinajstić information content (AvgIpc) is 3.02. The average molecular weight is 427 g/mol. The SMILES string of the molecule is COC(=O)C1CCCN(C(=O)c2ccc3c(c2)C(=O)N(c2ccccc2Cl)C3=O)C1. The smallest absolute Gasteiger partial charge is 0.310 e. The Morgan fingerprint density at radius 2 is 1.80 bits per heavy atom. The van der Waals surface area contributed by atoms with Crippen molar-refractivity contribution >= 4 is 41.0 Å². The monoisotopic (exact) mass is 426 g/mol. The topological polar surface area (TPSA) is 84.0 Å². The molecule has 2 heterocycles. The van der Waals surface area contributed by atoms with Crippen molar-refractivity contribution in [2.45, 2.75) is 12.8 Å². The predicted molar refractivity (Wildman–Crippen MR) is 110 cm³/mol. The van der Waals surface area contributed by atoms with Crippen molar-refractivity contribution in [2.75, 3.05) is 25.1 Å². The van der Waals surface area contributed by atoms with E-state index in [2.05, 4.69) is 0 Å². The largest absolute Gasteiger partial charge is 0.469 e. The molecule has 0 radical (unpaired) electrons. The Morgan fingerprint density at radius 3 is 2.53 bits per heavy atom. The Bertz CT molecular complexity index is 1070. The van der Waals surface area contributed by atoms with Crippen LogP contribution in [0.2, 0.25) is 5.02 Å². The van der Waals surface area contributed by atoms with Gasteiger partial charge in [-0.2, -0.15) is 0 Å². The Labute approximate surface area is 178 Å². The van der Waals surface area contributed by atoms with Crippen molar-refractivity contribution in [1.82, 2.24) is 4.90 Å². The van der Waals surface area contributed by atoms with E-state index >= 15 is 0 Å². The molecule has 2 aromatic rings. The van der Waals surface area contributed by atoms with Gasteiger partial charge >= 0.3 is 5.97 Å². The van der Waals surface area contributed by atoms with Crippen LogP contribution >= 0.6 is 11.6 Å². The van der Waals surface area contributed by atoms with Gasteiger partial charge in [0.2, 0.25) is 0 Å². The van der Waals surface area contributed by atoms with Crippen LogP contribution in [0.3, 0.4) is 0 Å². The van der Waals surface area contributed by atoms with Crippen molar-refractivity contribution in [3.05, 3.63) is 64.2 Å². The van der Waals surface area contributed by atoms with Crippen molar-refractivity contribution in [2.24, 2.45) is 5.92 Å². The highest BCUT2D eigenvalue weighted by Gasteiger charge is 2.38. The molecule has 1 saturated heterocycles. The second-order valence-electron chi connectivity index (χ2n) is 7.27. The fourth-order valence-corrected chi connectivity index (χ4v) is 4.15. The number of carbonyl (C=O) groups excluding carboxylic acids is 4. The highest BCUT2D eigenvalue weighted by Crippen LogP contribution is 2.33. The van der Waals surface area contributed by atoms with Crippen LogP contribution in [-0.4, -0.2) is 48.8 Å². The number of piperidine rings is 1. The van der Waals surface area contributed by atoms with Crippen molar-refractivity contribution in [1.29, 1.82) is 0 Å². The molecule has 154 valence electrons. The number of benzene rings is 2. The number of fused-ring (bicyclic) bond motifs is 1. The van der Waals surface area contributed by atoms with Crippen molar-refractivity contribution in [3.63, 3.8) is 0 Å². The van der Waals surface area contributed by atoms with Crippen LogP contribution in [-0.2, 0) is 9.53 Å². The van der Waals surface area contributed by atoms with Gasteiger partial charge in [-0.3, -0.25) is 19.2 Å². The summed E-state index contributed by atoms with van der Waals surface area (Å²) in [6, 6.07) is 11.1. The normalized spacial score (nSPS) is 18.4. The zero-order valence-electron chi connectivity index (χ0n) is 16.3. The minimum Gasteiger partial charge on any atom is -0.469 e. The molecule has 1 fully saturated rings. The van der Waals surface area contributed by atoms with Crippen LogP contribution in [0.1, 0.15) is 43.9 Å². The van der Waals surface area contributed by atoms with E-state index in [1.54, 1.807) is 29.2 Å². The molecule has 2 aliphatic rings. The number of ether oxygens (including phenoxy) is 1. The molecule has 8 heteroatoms. The third-order valence-electron chi connectivity index (χ3n) is 5.47. The summed E-state index contributed by atoms with van der Waals surface area (Å²) in [5.74, 6) is -1.99. The van der Waals surface area contributed by atoms with Gasteiger partial charge in [-0.25, -0.2) is 4.90 Å². The predicted octanol–water partition coefficient (Wildman–Crippen LogP) is 3.17. The molecule has 30 heavy (non-hydrogen) atoms. The number of hydrogen-bond acceptors (Lipinski definition) is 5. The van der Waals surface area contributed by atoms with E-state index in [4.69, 9.17) is 16.3 Å². The first-order valence-corrected chi connectivity index (χ1v) is 9.94. The molecule has 0 spiro atoms. The van der Waals surface area contributed by atoms with Gasteiger partial charge in [0.15, 0.2) is 0 Å². The highest BCUT2D eigenvalue weighted by molar-refractivity contribution is 6.39. The van der Waals surface area contributed by atoms with E-state index in [0.717, 1.165) is 4.90 Å². The first-order chi connectivity index (χ1) is 14.4. The summed E-state index contributed by atoms with van der Waals surface area (Å²) in [7, 11) is 1.33. The van der Waals surface area contributed by atoms with Gasteiger partial charge in [-0.05, 0) is 43.2 Å². The van der Waals surface area contributed by atoms with E-state index in [0.29, 0.717) is 30.6 Å². The van der Waals surface area contributed by atoms with E-state index in [1.807, 2.05) is 0 Å². The van der Waals surface area contributed by atoms with Crippen molar-refractivity contribution < 1.29 is 23.9 Å². The summed E-state index contributed by atoms with van der Waals surface area (Å²) in [4.78, 5) is 53.2. The minimum atomic E-state index is -0.524. The Morgan fingerprint density at radius 1 is 1.07 bits per heavy atom. The van der Waals surface area contributed by atoms with E-state index < -0.39 is 11.8 Å². The second-order valence-corrected chi connectivity index (χ2v) is 7.68. The lowest BCUT2D eigenvalue weighted by Crippen LogP contribution is -2.42. The van der Waals surface area contributed by atoms with E-state index in [9.17, 15) is 19.2 Å². The lowest BCUT2D eigenvalue weighted by Gasteiger charge is -2.31. The third kappa shape index (κ3) is 3.35.